The molecule has 0 saturated carbocycles. The van der Waals surface area contributed by atoms with Crippen molar-refractivity contribution in [2.75, 3.05) is 0 Å². The zero-order valence-electron chi connectivity index (χ0n) is 9.86. The van der Waals surface area contributed by atoms with Gasteiger partial charge in [-0.25, -0.2) is 4.98 Å². The van der Waals surface area contributed by atoms with Gasteiger partial charge in [-0.3, -0.25) is 0 Å². The molecule has 1 aromatic carbocycles. The summed E-state index contributed by atoms with van der Waals surface area (Å²) < 4.78 is 0. The summed E-state index contributed by atoms with van der Waals surface area (Å²) in [6, 6.07) is 8.66. The van der Waals surface area contributed by atoms with E-state index in [1.54, 1.807) is 11.3 Å². The lowest BCUT2D eigenvalue weighted by Gasteiger charge is -1.99. The highest BCUT2D eigenvalue weighted by molar-refractivity contribution is 7.09. The van der Waals surface area contributed by atoms with Crippen molar-refractivity contribution in [1.29, 1.82) is 0 Å². The van der Waals surface area contributed by atoms with Gasteiger partial charge in [-0.15, -0.1) is 11.3 Å². The van der Waals surface area contributed by atoms with Crippen LogP contribution in [0.25, 0.3) is 0 Å². The molecule has 0 amide bonds. The number of nitrogens with zero attached hydrogens (tertiary/aromatic N) is 1. The normalized spacial score (nSPS) is 10.6. The highest BCUT2D eigenvalue weighted by Crippen LogP contribution is 2.16. The van der Waals surface area contributed by atoms with Gasteiger partial charge >= 0.3 is 0 Å². The molecule has 0 fully saturated rings. The molecule has 0 atom stereocenters. The van der Waals surface area contributed by atoms with Crippen molar-refractivity contribution >= 4 is 11.3 Å². The minimum absolute atomic E-state index is 0.968. The molecule has 0 aliphatic carbocycles. The molecule has 16 heavy (non-hydrogen) atoms. The average molecular weight is 231 g/mol. The van der Waals surface area contributed by atoms with Crippen LogP contribution in [0.1, 0.15) is 35.2 Å². The molecular weight excluding hydrogens is 214 g/mol. The van der Waals surface area contributed by atoms with Gasteiger partial charge in [0.25, 0.3) is 0 Å². The predicted octanol–water partition coefficient (Wildman–Crippen LogP) is 3.99. The van der Waals surface area contributed by atoms with Crippen LogP contribution in [0, 0.1) is 6.92 Å². The maximum absolute atomic E-state index is 4.64. The number of rotatable bonds is 4. The second kappa shape index (κ2) is 5.26. The fourth-order valence-electron chi connectivity index (χ4n) is 1.80. The minimum Gasteiger partial charge on any atom is -0.246 e. The molecule has 0 saturated heterocycles. The van der Waals surface area contributed by atoms with E-state index >= 15 is 0 Å². The first-order valence-corrected chi connectivity index (χ1v) is 6.64. The van der Waals surface area contributed by atoms with Crippen molar-refractivity contribution in [1.82, 2.24) is 4.98 Å². The van der Waals surface area contributed by atoms with Crippen LogP contribution in [0.15, 0.2) is 29.6 Å². The highest BCUT2D eigenvalue weighted by Gasteiger charge is 2.02. The van der Waals surface area contributed by atoms with Crippen LogP contribution in [-0.4, -0.2) is 4.98 Å². The summed E-state index contributed by atoms with van der Waals surface area (Å²) in [6.45, 7) is 4.33. The van der Waals surface area contributed by atoms with Gasteiger partial charge in [0.15, 0.2) is 0 Å². The Bertz CT molecular complexity index is 459. The molecule has 0 bridgehead atoms. The topological polar surface area (TPSA) is 12.9 Å². The molecule has 2 aromatic rings. The van der Waals surface area contributed by atoms with E-state index in [4.69, 9.17) is 0 Å². The largest absolute Gasteiger partial charge is 0.246 e. The highest BCUT2D eigenvalue weighted by atomic mass is 32.1. The molecule has 1 heterocycles. The summed E-state index contributed by atoms with van der Waals surface area (Å²) in [5.41, 5.74) is 3.93. The van der Waals surface area contributed by atoms with Crippen molar-refractivity contribution < 1.29 is 0 Å². The van der Waals surface area contributed by atoms with Crippen LogP contribution >= 0.6 is 11.3 Å². The van der Waals surface area contributed by atoms with Gasteiger partial charge in [0.2, 0.25) is 0 Å². The summed E-state index contributed by atoms with van der Waals surface area (Å²) >= 11 is 1.78. The summed E-state index contributed by atoms with van der Waals surface area (Å²) in [6.07, 6.45) is 3.24. The summed E-state index contributed by atoms with van der Waals surface area (Å²) in [4.78, 5) is 4.64. The van der Waals surface area contributed by atoms with Gasteiger partial charge in [0.05, 0.1) is 10.7 Å². The van der Waals surface area contributed by atoms with Crippen LogP contribution < -0.4 is 0 Å². The van der Waals surface area contributed by atoms with Crippen LogP contribution in [0.2, 0.25) is 0 Å². The van der Waals surface area contributed by atoms with Crippen molar-refractivity contribution in [3.05, 3.63) is 51.5 Å². The van der Waals surface area contributed by atoms with Gasteiger partial charge in [-0.2, -0.15) is 0 Å². The van der Waals surface area contributed by atoms with Crippen molar-refractivity contribution in [2.24, 2.45) is 0 Å². The number of aromatic nitrogens is 1. The van der Waals surface area contributed by atoms with Crippen molar-refractivity contribution in [3.8, 4) is 0 Å². The maximum Gasteiger partial charge on any atom is 0.0972 e. The Morgan fingerprint density at radius 3 is 2.94 bits per heavy atom. The van der Waals surface area contributed by atoms with E-state index in [0.717, 1.165) is 12.8 Å². The van der Waals surface area contributed by atoms with Crippen LogP contribution in [0.3, 0.4) is 0 Å². The molecular formula is C14H17NS. The molecule has 2 rings (SSSR count). The van der Waals surface area contributed by atoms with Crippen LogP contribution in [-0.2, 0) is 12.8 Å². The van der Waals surface area contributed by atoms with Crippen LogP contribution in [0.4, 0.5) is 0 Å². The lowest BCUT2D eigenvalue weighted by molar-refractivity contribution is 0.883. The van der Waals surface area contributed by atoms with E-state index in [9.17, 15) is 0 Å². The van der Waals surface area contributed by atoms with E-state index in [0.29, 0.717) is 0 Å². The standard InChI is InChI=1S/C14H17NS/c1-3-5-13-10-16-14(15-13)9-12-7-4-6-11(2)8-12/h4,6-8,10H,3,5,9H2,1-2H3. The molecule has 0 aliphatic rings. The molecule has 0 radical (unpaired) electrons. The molecule has 0 aliphatic heterocycles. The monoisotopic (exact) mass is 231 g/mol. The number of benzene rings is 1. The predicted molar refractivity (Wildman–Crippen MR) is 70.1 cm³/mol. The van der Waals surface area contributed by atoms with E-state index in [2.05, 4.69) is 48.5 Å². The zero-order chi connectivity index (χ0) is 11.4. The van der Waals surface area contributed by atoms with Crippen molar-refractivity contribution in [2.45, 2.75) is 33.1 Å². The third kappa shape index (κ3) is 2.92. The summed E-state index contributed by atoms with van der Waals surface area (Å²) in [7, 11) is 0. The van der Waals surface area contributed by atoms with Crippen LogP contribution in [0.5, 0.6) is 0 Å². The first kappa shape index (κ1) is 11.3. The van der Waals surface area contributed by atoms with Gasteiger partial charge in [0.1, 0.15) is 0 Å². The van der Waals surface area contributed by atoms with E-state index in [1.807, 2.05) is 0 Å². The summed E-state index contributed by atoms with van der Waals surface area (Å²) in [5.74, 6) is 0. The number of hydrogen-bond donors (Lipinski definition) is 0. The molecule has 1 aromatic heterocycles. The first-order valence-electron chi connectivity index (χ1n) is 5.76. The number of hydrogen-bond acceptors (Lipinski definition) is 2. The Kier molecular flexibility index (Phi) is 3.73. The minimum atomic E-state index is 0.968. The maximum atomic E-state index is 4.64. The van der Waals surface area contributed by atoms with Gasteiger partial charge < -0.3 is 0 Å². The third-order valence-electron chi connectivity index (χ3n) is 2.54. The second-order valence-corrected chi connectivity index (χ2v) is 5.09. The Hall–Kier alpha value is -1.15. The lowest BCUT2D eigenvalue weighted by Crippen LogP contribution is -1.89. The SMILES string of the molecule is CCCc1csc(Cc2cccc(C)c2)n1. The second-order valence-electron chi connectivity index (χ2n) is 4.15. The molecule has 84 valence electrons. The van der Waals surface area contributed by atoms with Gasteiger partial charge in [-0.05, 0) is 18.9 Å². The number of aryl methyl sites for hydroxylation is 2. The Morgan fingerprint density at radius 1 is 1.31 bits per heavy atom. The van der Waals surface area contributed by atoms with Gasteiger partial charge in [-0.1, -0.05) is 43.2 Å². The molecule has 0 unspecified atom stereocenters. The fourth-order valence-corrected chi connectivity index (χ4v) is 2.66. The quantitative estimate of drug-likeness (QED) is 0.775. The smallest absolute Gasteiger partial charge is 0.0972 e. The Labute approximate surface area is 101 Å². The average Bonchev–Trinajstić information content (AvgIpc) is 2.66. The lowest BCUT2D eigenvalue weighted by atomic mass is 10.1. The zero-order valence-corrected chi connectivity index (χ0v) is 10.7. The molecule has 0 N–H and O–H groups in total. The molecule has 0 spiro atoms. The molecule has 1 nitrogen and oxygen atoms in total. The Morgan fingerprint density at radius 2 is 2.19 bits per heavy atom. The van der Waals surface area contributed by atoms with Crippen molar-refractivity contribution in [3.63, 3.8) is 0 Å². The first-order chi connectivity index (χ1) is 7.78. The van der Waals surface area contributed by atoms with E-state index in [1.165, 1.54) is 28.2 Å². The van der Waals surface area contributed by atoms with E-state index in [-0.39, 0.29) is 0 Å². The Balaban J connectivity index is 2.08. The third-order valence-corrected chi connectivity index (χ3v) is 3.44. The molecule has 2 heteroatoms. The van der Waals surface area contributed by atoms with E-state index < -0.39 is 0 Å². The van der Waals surface area contributed by atoms with Gasteiger partial charge in [0, 0.05) is 11.8 Å². The fraction of sp³-hybridized carbons (Fsp3) is 0.357. The summed E-state index contributed by atoms with van der Waals surface area (Å²) in [5, 5.41) is 3.42. The number of thiazole rings is 1.